The molecule has 0 fully saturated rings. The molecule has 0 saturated heterocycles. The van der Waals surface area contributed by atoms with E-state index in [1.165, 1.54) is 24.5 Å². The number of anilines is 1. The van der Waals surface area contributed by atoms with Crippen LogP contribution in [-0.4, -0.2) is 21.8 Å². The Kier molecular flexibility index (Phi) is 1.85. The zero-order valence-corrected chi connectivity index (χ0v) is 7.47. The van der Waals surface area contributed by atoms with Gasteiger partial charge < -0.3 is 0 Å². The molecular formula is C9H7N3O2. The van der Waals surface area contributed by atoms with Crippen molar-refractivity contribution in [1.82, 2.24) is 9.97 Å². The first-order valence-corrected chi connectivity index (χ1v) is 4.03. The van der Waals surface area contributed by atoms with Crippen LogP contribution in [-0.2, 0) is 9.59 Å². The average molecular weight is 189 g/mol. The second-order valence-electron chi connectivity index (χ2n) is 2.83. The van der Waals surface area contributed by atoms with E-state index in [4.69, 9.17) is 0 Å². The molecule has 1 aromatic rings. The third-order valence-corrected chi connectivity index (χ3v) is 1.83. The number of aromatic nitrogens is 2. The van der Waals surface area contributed by atoms with Crippen LogP contribution in [0.2, 0.25) is 0 Å². The van der Waals surface area contributed by atoms with E-state index in [1.807, 2.05) is 0 Å². The minimum Gasteiger partial charge on any atom is -0.269 e. The molecule has 2 rings (SSSR count). The minimum absolute atomic E-state index is 0.359. The average Bonchev–Trinajstić information content (AvgIpc) is 2.49. The maximum Gasteiger partial charge on any atom is 0.258 e. The lowest BCUT2D eigenvalue weighted by Crippen LogP contribution is -2.29. The normalized spacial score (nSPS) is 15.4. The Morgan fingerprint density at radius 3 is 2.07 bits per heavy atom. The summed E-state index contributed by atoms with van der Waals surface area (Å²) >= 11 is 0. The molecular weight excluding hydrogens is 182 g/mol. The van der Waals surface area contributed by atoms with Crippen molar-refractivity contribution < 1.29 is 9.59 Å². The van der Waals surface area contributed by atoms with Crippen LogP contribution in [0, 0.1) is 6.92 Å². The highest BCUT2D eigenvalue weighted by molar-refractivity contribution is 6.27. The van der Waals surface area contributed by atoms with Crippen LogP contribution in [0.25, 0.3) is 0 Å². The van der Waals surface area contributed by atoms with Crippen molar-refractivity contribution in [1.29, 1.82) is 0 Å². The second-order valence-corrected chi connectivity index (χ2v) is 2.83. The van der Waals surface area contributed by atoms with Gasteiger partial charge in [-0.2, -0.15) is 0 Å². The van der Waals surface area contributed by atoms with Gasteiger partial charge in [-0.3, -0.25) is 9.59 Å². The molecule has 0 radical (unpaired) electrons. The first-order chi connectivity index (χ1) is 6.68. The van der Waals surface area contributed by atoms with Crippen molar-refractivity contribution in [2.24, 2.45) is 0 Å². The predicted octanol–water partition coefficient (Wildman–Crippen LogP) is 0.214. The van der Waals surface area contributed by atoms with Crippen molar-refractivity contribution >= 4 is 17.5 Å². The maximum atomic E-state index is 11.2. The number of hydrogen-bond donors (Lipinski definition) is 0. The molecule has 0 aliphatic carbocycles. The van der Waals surface area contributed by atoms with Gasteiger partial charge in [0, 0.05) is 12.2 Å². The molecule has 5 nitrogen and oxygen atoms in total. The van der Waals surface area contributed by atoms with Crippen LogP contribution < -0.4 is 4.90 Å². The Labute approximate surface area is 80.1 Å². The molecule has 0 unspecified atom stereocenters. The zero-order valence-electron chi connectivity index (χ0n) is 7.47. The summed E-state index contributed by atoms with van der Waals surface area (Å²) in [5.74, 6) is -0.120. The SMILES string of the molecule is Cc1ncc(N2C(=O)C=CC2=O)cn1. The van der Waals surface area contributed by atoms with E-state index < -0.39 is 0 Å². The number of hydrogen-bond acceptors (Lipinski definition) is 4. The number of aryl methyl sites for hydroxylation is 1. The first-order valence-electron chi connectivity index (χ1n) is 4.03. The lowest BCUT2D eigenvalue weighted by molar-refractivity contribution is -0.119. The molecule has 0 bridgehead atoms. The van der Waals surface area contributed by atoms with E-state index >= 15 is 0 Å². The van der Waals surface area contributed by atoms with Crippen molar-refractivity contribution in [3.63, 3.8) is 0 Å². The molecule has 2 amide bonds. The summed E-state index contributed by atoms with van der Waals surface area (Å²) in [4.78, 5) is 31.3. The fourth-order valence-corrected chi connectivity index (χ4v) is 1.16. The molecule has 1 aromatic heterocycles. The molecule has 2 heterocycles. The van der Waals surface area contributed by atoms with Crippen LogP contribution >= 0.6 is 0 Å². The molecule has 70 valence electrons. The smallest absolute Gasteiger partial charge is 0.258 e. The molecule has 0 atom stereocenters. The summed E-state index contributed by atoms with van der Waals surface area (Å²) in [6, 6.07) is 0. The number of carbonyl (C=O) groups excluding carboxylic acids is 2. The van der Waals surface area contributed by atoms with E-state index in [1.54, 1.807) is 6.92 Å². The number of carbonyl (C=O) groups is 2. The quantitative estimate of drug-likeness (QED) is 0.592. The summed E-state index contributed by atoms with van der Waals surface area (Å²) in [5, 5.41) is 0. The van der Waals surface area contributed by atoms with Crippen LogP contribution in [0.1, 0.15) is 5.82 Å². The Morgan fingerprint density at radius 1 is 1.07 bits per heavy atom. The van der Waals surface area contributed by atoms with E-state index in [0.29, 0.717) is 11.5 Å². The van der Waals surface area contributed by atoms with Gasteiger partial charge in [0.15, 0.2) is 0 Å². The van der Waals surface area contributed by atoms with Crippen molar-refractivity contribution in [2.45, 2.75) is 6.92 Å². The fraction of sp³-hybridized carbons (Fsp3) is 0.111. The summed E-state index contributed by atoms with van der Waals surface area (Å²) in [6.07, 6.45) is 5.35. The molecule has 14 heavy (non-hydrogen) atoms. The fourth-order valence-electron chi connectivity index (χ4n) is 1.16. The van der Waals surface area contributed by atoms with E-state index in [0.717, 1.165) is 4.90 Å². The summed E-state index contributed by atoms with van der Waals surface area (Å²) < 4.78 is 0. The predicted molar refractivity (Wildman–Crippen MR) is 48.4 cm³/mol. The van der Waals surface area contributed by atoms with E-state index in [2.05, 4.69) is 9.97 Å². The Balaban J connectivity index is 2.36. The maximum absolute atomic E-state index is 11.2. The number of rotatable bonds is 1. The van der Waals surface area contributed by atoms with Crippen molar-refractivity contribution in [3.8, 4) is 0 Å². The van der Waals surface area contributed by atoms with Gasteiger partial charge in [-0.05, 0) is 6.92 Å². The van der Waals surface area contributed by atoms with Gasteiger partial charge >= 0.3 is 0 Å². The summed E-state index contributed by atoms with van der Waals surface area (Å²) in [5.41, 5.74) is 0.399. The summed E-state index contributed by atoms with van der Waals surface area (Å²) in [7, 11) is 0. The highest BCUT2D eigenvalue weighted by atomic mass is 16.2. The lowest BCUT2D eigenvalue weighted by Gasteiger charge is -2.12. The molecule has 0 spiro atoms. The first kappa shape index (κ1) is 8.55. The number of amides is 2. The third kappa shape index (κ3) is 1.28. The zero-order chi connectivity index (χ0) is 10.1. The molecule has 0 N–H and O–H groups in total. The van der Waals surface area contributed by atoms with Gasteiger partial charge in [0.05, 0.1) is 18.1 Å². The standard InChI is InChI=1S/C9H7N3O2/c1-6-10-4-7(5-11-6)12-8(13)2-3-9(12)14/h2-5H,1H3. The molecule has 5 heteroatoms. The Morgan fingerprint density at radius 2 is 1.57 bits per heavy atom. The van der Waals surface area contributed by atoms with E-state index in [9.17, 15) is 9.59 Å². The van der Waals surface area contributed by atoms with E-state index in [-0.39, 0.29) is 11.8 Å². The number of imide groups is 1. The van der Waals surface area contributed by atoms with Crippen LogP contribution in [0.3, 0.4) is 0 Å². The molecule has 1 aliphatic rings. The highest BCUT2D eigenvalue weighted by Crippen LogP contribution is 2.15. The molecule has 1 aliphatic heterocycles. The monoisotopic (exact) mass is 189 g/mol. The van der Waals surface area contributed by atoms with Gasteiger partial charge in [0.2, 0.25) is 0 Å². The van der Waals surface area contributed by atoms with Gasteiger partial charge in [-0.15, -0.1) is 0 Å². The number of nitrogens with zero attached hydrogens (tertiary/aromatic N) is 3. The van der Waals surface area contributed by atoms with Crippen LogP contribution in [0.4, 0.5) is 5.69 Å². The summed E-state index contributed by atoms with van der Waals surface area (Å²) in [6.45, 7) is 1.73. The van der Waals surface area contributed by atoms with Gasteiger partial charge in [-0.1, -0.05) is 0 Å². The minimum atomic E-state index is -0.359. The van der Waals surface area contributed by atoms with Gasteiger partial charge in [-0.25, -0.2) is 14.9 Å². The Bertz CT molecular complexity index is 404. The topological polar surface area (TPSA) is 63.2 Å². The van der Waals surface area contributed by atoms with Crippen molar-refractivity contribution in [2.75, 3.05) is 4.90 Å². The molecule has 0 aromatic carbocycles. The van der Waals surface area contributed by atoms with Gasteiger partial charge in [0.1, 0.15) is 5.82 Å². The van der Waals surface area contributed by atoms with Gasteiger partial charge in [0.25, 0.3) is 11.8 Å². The van der Waals surface area contributed by atoms with Crippen LogP contribution in [0.15, 0.2) is 24.5 Å². The Hall–Kier alpha value is -2.04. The van der Waals surface area contributed by atoms with Crippen LogP contribution in [0.5, 0.6) is 0 Å². The van der Waals surface area contributed by atoms with Crippen molar-refractivity contribution in [3.05, 3.63) is 30.4 Å². The largest absolute Gasteiger partial charge is 0.269 e. The lowest BCUT2D eigenvalue weighted by atomic mass is 10.4. The third-order valence-electron chi connectivity index (χ3n) is 1.83. The molecule has 0 saturated carbocycles. The highest BCUT2D eigenvalue weighted by Gasteiger charge is 2.25. The second kappa shape index (κ2) is 3.02.